The fraction of sp³-hybridized carbons (Fsp3) is 0.625. The van der Waals surface area contributed by atoms with Crippen LogP contribution in [0.1, 0.15) is 55.9 Å². The predicted octanol–water partition coefficient (Wildman–Crippen LogP) is 3.76. The normalized spacial score (nSPS) is 20.8. The van der Waals surface area contributed by atoms with Gasteiger partial charge in [-0.1, -0.05) is 36.8 Å². The zero-order valence-electron chi connectivity index (χ0n) is 19.7. The molecular formula is C24H38IN7. The van der Waals surface area contributed by atoms with E-state index >= 15 is 0 Å². The molecule has 2 atom stereocenters. The Morgan fingerprint density at radius 2 is 1.88 bits per heavy atom. The molecule has 0 radical (unpaired) electrons. The van der Waals surface area contributed by atoms with Crippen LogP contribution in [0.4, 0.5) is 0 Å². The molecule has 2 unspecified atom stereocenters. The molecule has 0 aliphatic carbocycles. The maximum absolute atomic E-state index is 4.99. The van der Waals surface area contributed by atoms with Crippen LogP contribution in [0, 0.1) is 12.8 Å². The van der Waals surface area contributed by atoms with Crippen LogP contribution in [0.25, 0.3) is 0 Å². The van der Waals surface area contributed by atoms with E-state index in [2.05, 4.69) is 62.6 Å². The zero-order valence-corrected chi connectivity index (χ0v) is 22.0. The van der Waals surface area contributed by atoms with Gasteiger partial charge in [-0.25, -0.2) is 4.99 Å². The van der Waals surface area contributed by atoms with E-state index in [-0.39, 0.29) is 30.0 Å². The Bertz CT molecular complexity index is 860. The van der Waals surface area contributed by atoms with E-state index in [0.717, 1.165) is 30.7 Å². The molecule has 0 amide bonds. The molecule has 2 aliphatic rings. The van der Waals surface area contributed by atoms with E-state index in [9.17, 15) is 0 Å². The molecule has 2 aromatic rings. The van der Waals surface area contributed by atoms with Crippen LogP contribution in [0.2, 0.25) is 0 Å². The molecule has 176 valence electrons. The lowest BCUT2D eigenvalue weighted by atomic mass is 10.1. The third-order valence-corrected chi connectivity index (χ3v) is 6.75. The van der Waals surface area contributed by atoms with Crippen molar-refractivity contribution in [2.24, 2.45) is 18.0 Å². The van der Waals surface area contributed by atoms with Crippen molar-refractivity contribution < 1.29 is 0 Å². The largest absolute Gasteiger partial charge is 0.350 e. The molecule has 3 heterocycles. The number of aromatic nitrogens is 3. The topological polar surface area (TPSA) is 61.6 Å². The SMILES string of the molecule is Cc1nnc(CN=C(NC(C)c2ccccc2)N2CCC(CN3CCCCC3)C2)n1C.I. The highest BCUT2D eigenvalue weighted by molar-refractivity contribution is 14.0. The highest BCUT2D eigenvalue weighted by Crippen LogP contribution is 2.21. The summed E-state index contributed by atoms with van der Waals surface area (Å²) in [6.45, 7) is 10.6. The van der Waals surface area contributed by atoms with Gasteiger partial charge in [0.25, 0.3) is 0 Å². The molecule has 1 aromatic heterocycles. The van der Waals surface area contributed by atoms with Gasteiger partial charge in [0.15, 0.2) is 11.8 Å². The van der Waals surface area contributed by atoms with Gasteiger partial charge in [-0.3, -0.25) is 0 Å². The summed E-state index contributed by atoms with van der Waals surface area (Å²) in [5, 5.41) is 12.2. The third kappa shape index (κ3) is 6.43. The van der Waals surface area contributed by atoms with E-state index in [1.807, 2.05) is 18.5 Å². The standard InChI is InChI=1S/C24H37N7.HI/c1-19(22-10-6-4-7-11-22)26-24(25-16-23-28-27-20(2)29(23)3)31-15-12-21(18-31)17-30-13-8-5-9-14-30;/h4,6-7,10-11,19,21H,5,8-9,12-18H2,1-3H3,(H,25,26);1H. The molecule has 0 saturated carbocycles. The van der Waals surface area contributed by atoms with E-state index in [1.165, 1.54) is 50.9 Å². The van der Waals surface area contributed by atoms with Crippen LogP contribution in [0.15, 0.2) is 35.3 Å². The molecule has 1 aromatic carbocycles. The number of hydrogen-bond donors (Lipinski definition) is 1. The number of aryl methyl sites for hydroxylation is 1. The van der Waals surface area contributed by atoms with Crippen molar-refractivity contribution in [3.63, 3.8) is 0 Å². The first kappa shape index (κ1) is 25.0. The first-order valence-electron chi connectivity index (χ1n) is 11.8. The molecule has 8 heteroatoms. The van der Waals surface area contributed by atoms with E-state index < -0.39 is 0 Å². The van der Waals surface area contributed by atoms with Crippen LogP contribution in [0.5, 0.6) is 0 Å². The van der Waals surface area contributed by atoms with Crippen molar-refractivity contribution in [1.82, 2.24) is 29.9 Å². The van der Waals surface area contributed by atoms with Crippen molar-refractivity contribution in [3.8, 4) is 0 Å². The fourth-order valence-electron chi connectivity index (χ4n) is 4.67. The summed E-state index contributed by atoms with van der Waals surface area (Å²) in [4.78, 5) is 10.1. The van der Waals surface area contributed by atoms with E-state index in [4.69, 9.17) is 4.99 Å². The first-order chi connectivity index (χ1) is 15.1. The van der Waals surface area contributed by atoms with Gasteiger partial charge in [-0.2, -0.15) is 0 Å². The van der Waals surface area contributed by atoms with Crippen molar-refractivity contribution >= 4 is 29.9 Å². The smallest absolute Gasteiger partial charge is 0.194 e. The monoisotopic (exact) mass is 551 g/mol. The molecule has 0 spiro atoms. The molecule has 2 aliphatic heterocycles. The van der Waals surface area contributed by atoms with Gasteiger partial charge in [-0.15, -0.1) is 34.2 Å². The number of rotatable bonds is 6. The molecule has 1 N–H and O–H groups in total. The summed E-state index contributed by atoms with van der Waals surface area (Å²) in [6.07, 6.45) is 5.35. The summed E-state index contributed by atoms with van der Waals surface area (Å²) in [5.41, 5.74) is 1.27. The minimum Gasteiger partial charge on any atom is -0.350 e. The van der Waals surface area contributed by atoms with Gasteiger partial charge in [0.05, 0.1) is 6.04 Å². The number of guanidine groups is 1. The Hall–Kier alpha value is -1.68. The number of nitrogens with zero attached hydrogens (tertiary/aromatic N) is 6. The van der Waals surface area contributed by atoms with Gasteiger partial charge in [0, 0.05) is 26.7 Å². The average Bonchev–Trinajstić information content (AvgIpc) is 3.39. The number of nitrogens with one attached hydrogen (secondary N) is 1. The highest BCUT2D eigenvalue weighted by atomic mass is 127. The Morgan fingerprint density at radius 3 is 2.56 bits per heavy atom. The number of halogens is 1. The second-order valence-corrected chi connectivity index (χ2v) is 9.10. The van der Waals surface area contributed by atoms with Crippen molar-refractivity contribution in [3.05, 3.63) is 47.5 Å². The van der Waals surface area contributed by atoms with E-state index in [0.29, 0.717) is 12.5 Å². The summed E-state index contributed by atoms with van der Waals surface area (Å²) in [5.74, 6) is 3.51. The molecular weight excluding hydrogens is 513 g/mol. The zero-order chi connectivity index (χ0) is 21.6. The lowest BCUT2D eigenvalue weighted by molar-refractivity contribution is 0.198. The number of hydrogen-bond acceptors (Lipinski definition) is 4. The van der Waals surface area contributed by atoms with Gasteiger partial charge >= 0.3 is 0 Å². The minimum atomic E-state index is 0. The highest BCUT2D eigenvalue weighted by Gasteiger charge is 2.28. The summed E-state index contributed by atoms with van der Waals surface area (Å²) < 4.78 is 2.02. The molecule has 2 saturated heterocycles. The molecule has 4 rings (SSSR count). The van der Waals surface area contributed by atoms with Gasteiger partial charge < -0.3 is 19.7 Å². The Morgan fingerprint density at radius 1 is 1.12 bits per heavy atom. The lowest BCUT2D eigenvalue weighted by Crippen LogP contribution is -2.42. The quantitative estimate of drug-likeness (QED) is 0.337. The second-order valence-electron chi connectivity index (χ2n) is 9.10. The van der Waals surface area contributed by atoms with Gasteiger partial charge in [0.1, 0.15) is 12.4 Å². The number of likely N-dealkylation sites (tertiary alicyclic amines) is 2. The Balaban J connectivity index is 0.00000289. The molecule has 7 nitrogen and oxygen atoms in total. The maximum atomic E-state index is 4.99. The van der Waals surface area contributed by atoms with E-state index in [1.54, 1.807) is 0 Å². The van der Waals surface area contributed by atoms with Crippen molar-refractivity contribution in [2.45, 2.75) is 52.1 Å². The van der Waals surface area contributed by atoms with Crippen LogP contribution >= 0.6 is 24.0 Å². The Labute approximate surface area is 209 Å². The fourth-order valence-corrected chi connectivity index (χ4v) is 4.67. The van der Waals surface area contributed by atoms with Crippen molar-refractivity contribution in [1.29, 1.82) is 0 Å². The van der Waals surface area contributed by atoms with Crippen LogP contribution in [-0.4, -0.2) is 63.2 Å². The molecule has 32 heavy (non-hydrogen) atoms. The van der Waals surface area contributed by atoms with Crippen molar-refractivity contribution in [2.75, 3.05) is 32.7 Å². The number of piperidine rings is 1. The summed E-state index contributed by atoms with van der Waals surface area (Å²) >= 11 is 0. The summed E-state index contributed by atoms with van der Waals surface area (Å²) in [7, 11) is 2.00. The Kier molecular flexibility index (Phi) is 9.34. The lowest BCUT2D eigenvalue weighted by Gasteiger charge is -2.29. The maximum Gasteiger partial charge on any atom is 0.194 e. The van der Waals surface area contributed by atoms with Crippen LogP contribution in [-0.2, 0) is 13.6 Å². The molecule has 0 bridgehead atoms. The van der Waals surface area contributed by atoms with Gasteiger partial charge in [0.2, 0.25) is 0 Å². The minimum absolute atomic E-state index is 0. The summed E-state index contributed by atoms with van der Waals surface area (Å²) in [6, 6.07) is 10.8. The second kappa shape index (κ2) is 12.0. The number of benzene rings is 1. The van der Waals surface area contributed by atoms with Crippen LogP contribution < -0.4 is 5.32 Å². The first-order valence-corrected chi connectivity index (χ1v) is 11.8. The van der Waals surface area contributed by atoms with Gasteiger partial charge in [-0.05, 0) is 57.7 Å². The predicted molar refractivity (Wildman–Crippen MR) is 140 cm³/mol. The molecule has 2 fully saturated rings. The van der Waals surface area contributed by atoms with Crippen LogP contribution in [0.3, 0.4) is 0 Å². The third-order valence-electron chi connectivity index (χ3n) is 6.75. The number of aliphatic imine (C=N–C) groups is 1. The average molecular weight is 552 g/mol.